The summed E-state index contributed by atoms with van der Waals surface area (Å²) < 4.78 is 10.2. The second kappa shape index (κ2) is 6.85. The average Bonchev–Trinajstić information content (AvgIpc) is 2.79. The number of ether oxygens (including phenoxy) is 1. The van der Waals surface area contributed by atoms with Gasteiger partial charge in [0.05, 0.1) is 11.8 Å². The van der Waals surface area contributed by atoms with Crippen LogP contribution < -0.4 is 5.32 Å². The molecule has 0 radical (unpaired) electrons. The molecule has 2 heterocycles. The van der Waals surface area contributed by atoms with Crippen LogP contribution in [0.25, 0.3) is 0 Å². The first-order valence-electron chi connectivity index (χ1n) is 7.06. The second-order valence-electron chi connectivity index (χ2n) is 5.26. The number of nitrogens with zero attached hydrogens (tertiary/aromatic N) is 1. The molecule has 2 rings (SSSR count). The van der Waals surface area contributed by atoms with Crippen molar-refractivity contribution in [3.05, 3.63) is 17.0 Å². The van der Waals surface area contributed by atoms with Crippen molar-refractivity contribution in [3.8, 4) is 0 Å². The van der Waals surface area contributed by atoms with E-state index in [4.69, 9.17) is 9.26 Å². The Morgan fingerprint density at radius 1 is 1.45 bits per heavy atom. The molecule has 20 heavy (non-hydrogen) atoms. The van der Waals surface area contributed by atoms with E-state index < -0.39 is 0 Å². The first-order chi connectivity index (χ1) is 9.59. The van der Waals surface area contributed by atoms with Crippen molar-refractivity contribution in [2.75, 3.05) is 19.8 Å². The Labute approximate surface area is 118 Å². The summed E-state index contributed by atoms with van der Waals surface area (Å²) in [7, 11) is 0. The number of aromatic nitrogens is 1. The third-order valence-electron chi connectivity index (χ3n) is 3.80. The first kappa shape index (κ1) is 15.0. The van der Waals surface area contributed by atoms with Crippen LogP contribution in [-0.4, -0.2) is 42.0 Å². The summed E-state index contributed by atoms with van der Waals surface area (Å²) in [5.74, 6) is 0.602. The largest absolute Gasteiger partial charge is 0.393 e. The normalized spacial score (nSPS) is 17.9. The van der Waals surface area contributed by atoms with Crippen LogP contribution in [0, 0.1) is 19.8 Å². The van der Waals surface area contributed by atoms with Gasteiger partial charge in [0.25, 0.3) is 5.91 Å². The lowest BCUT2D eigenvalue weighted by Crippen LogP contribution is -2.32. The number of nitrogens with one attached hydrogen (secondary N) is 1. The van der Waals surface area contributed by atoms with Crippen LogP contribution in [0.2, 0.25) is 0 Å². The molecule has 1 aliphatic rings. The van der Waals surface area contributed by atoms with Gasteiger partial charge in [-0.3, -0.25) is 4.79 Å². The number of carbonyl (C=O) groups excluding carboxylic acids is 1. The Morgan fingerprint density at radius 2 is 2.15 bits per heavy atom. The van der Waals surface area contributed by atoms with E-state index in [-0.39, 0.29) is 17.9 Å². The highest BCUT2D eigenvalue weighted by Gasteiger charge is 2.22. The molecule has 1 atom stereocenters. The second-order valence-corrected chi connectivity index (χ2v) is 5.26. The molecule has 0 unspecified atom stereocenters. The van der Waals surface area contributed by atoms with Crippen molar-refractivity contribution in [2.45, 2.75) is 39.2 Å². The van der Waals surface area contributed by atoms with E-state index in [0.717, 1.165) is 12.8 Å². The minimum atomic E-state index is -0.385. The molecular formula is C14H22N2O4. The van der Waals surface area contributed by atoms with Gasteiger partial charge in [-0.1, -0.05) is 5.16 Å². The van der Waals surface area contributed by atoms with Crippen LogP contribution in [-0.2, 0) is 4.74 Å². The molecule has 1 saturated heterocycles. The van der Waals surface area contributed by atoms with E-state index >= 15 is 0 Å². The van der Waals surface area contributed by atoms with E-state index in [1.807, 2.05) is 0 Å². The molecule has 1 aromatic rings. The van der Waals surface area contributed by atoms with Crippen molar-refractivity contribution in [1.29, 1.82) is 0 Å². The lowest BCUT2D eigenvalue weighted by molar-refractivity contribution is 0.00528. The zero-order valence-electron chi connectivity index (χ0n) is 12.0. The molecule has 0 aliphatic carbocycles. The molecule has 1 fully saturated rings. The lowest BCUT2D eigenvalue weighted by Gasteiger charge is -2.26. The van der Waals surface area contributed by atoms with Crippen LogP contribution in [0.15, 0.2) is 4.52 Å². The SMILES string of the molecule is Cc1noc(C)c1C(=O)NCC[C@H](O)C1CCOCC1. The minimum absolute atomic E-state index is 0.194. The fourth-order valence-electron chi connectivity index (χ4n) is 2.57. The van der Waals surface area contributed by atoms with Gasteiger partial charge in [0.2, 0.25) is 0 Å². The Bertz CT molecular complexity index is 433. The highest BCUT2D eigenvalue weighted by molar-refractivity contribution is 5.96. The standard InChI is InChI=1S/C14H22N2O4/c1-9-13(10(2)20-16-9)14(18)15-6-3-12(17)11-4-7-19-8-5-11/h11-12,17H,3-8H2,1-2H3,(H,15,18)/t12-/m0/s1. The number of amides is 1. The molecule has 1 aliphatic heterocycles. The van der Waals surface area contributed by atoms with E-state index in [9.17, 15) is 9.90 Å². The Morgan fingerprint density at radius 3 is 2.75 bits per heavy atom. The van der Waals surface area contributed by atoms with Crippen molar-refractivity contribution < 1.29 is 19.2 Å². The first-order valence-corrected chi connectivity index (χ1v) is 7.06. The summed E-state index contributed by atoms with van der Waals surface area (Å²) in [5.41, 5.74) is 1.08. The van der Waals surface area contributed by atoms with Gasteiger partial charge in [-0.2, -0.15) is 0 Å². The molecule has 1 aromatic heterocycles. The third-order valence-corrected chi connectivity index (χ3v) is 3.80. The number of hydrogen-bond donors (Lipinski definition) is 2. The molecule has 0 spiro atoms. The predicted molar refractivity (Wildman–Crippen MR) is 72.5 cm³/mol. The number of hydrogen-bond acceptors (Lipinski definition) is 5. The lowest BCUT2D eigenvalue weighted by atomic mass is 9.92. The fourth-order valence-corrected chi connectivity index (χ4v) is 2.57. The molecule has 1 amide bonds. The minimum Gasteiger partial charge on any atom is -0.393 e. The van der Waals surface area contributed by atoms with Crippen molar-refractivity contribution in [2.24, 2.45) is 5.92 Å². The highest BCUT2D eigenvalue weighted by Crippen LogP contribution is 2.20. The van der Waals surface area contributed by atoms with E-state index in [0.29, 0.717) is 43.2 Å². The molecule has 0 saturated carbocycles. The van der Waals surface area contributed by atoms with Crippen LogP contribution >= 0.6 is 0 Å². The molecule has 112 valence electrons. The quantitative estimate of drug-likeness (QED) is 0.847. The molecule has 2 N–H and O–H groups in total. The molecule has 0 bridgehead atoms. The summed E-state index contributed by atoms with van der Waals surface area (Å²) >= 11 is 0. The number of aliphatic hydroxyl groups excluding tert-OH is 1. The van der Waals surface area contributed by atoms with Gasteiger partial charge >= 0.3 is 0 Å². The maximum absolute atomic E-state index is 12.0. The van der Waals surface area contributed by atoms with Gasteiger partial charge in [0, 0.05) is 19.8 Å². The fraction of sp³-hybridized carbons (Fsp3) is 0.714. The zero-order valence-corrected chi connectivity index (χ0v) is 12.0. The third kappa shape index (κ3) is 3.58. The summed E-state index contributed by atoms with van der Waals surface area (Å²) in [6, 6.07) is 0. The smallest absolute Gasteiger partial charge is 0.256 e. The Hall–Kier alpha value is -1.40. The van der Waals surface area contributed by atoms with Gasteiger partial charge in [0.15, 0.2) is 0 Å². The maximum Gasteiger partial charge on any atom is 0.256 e. The topological polar surface area (TPSA) is 84.6 Å². The van der Waals surface area contributed by atoms with Gasteiger partial charge in [-0.25, -0.2) is 0 Å². The summed E-state index contributed by atoms with van der Waals surface area (Å²) in [6.45, 7) is 5.33. The van der Waals surface area contributed by atoms with E-state index in [1.54, 1.807) is 13.8 Å². The van der Waals surface area contributed by atoms with Crippen molar-refractivity contribution in [3.63, 3.8) is 0 Å². The molecule has 0 aromatic carbocycles. The maximum atomic E-state index is 12.0. The van der Waals surface area contributed by atoms with Crippen molar-refractivity contribution >= 4 is 5.91 Å². The summed E-state index contributed by atoms with van der Waals surface area (Å²) in [5, 5.41) is 16.7. The van der Waals surface area contributed by atoms with Gasteiger partial charge in [0.1, 0.15) is 11.3 Å². The monoisotopic (exact) mass is 282 g/mol. The van der Waals surface area contributed by atoms with Gasteiger partial charge in [-0.05, 0) is 39.0 Å². The summed E-state index contributed by atoms with van der Waals surface area (Å²) in [4.78, 5) is 12.0. The number of rotatable bonds is 5. The van der Waals surface area contributed by atoms with Crippen LogP contribution in [0.4, 0.5) is 0 Å². The average molecular weight is 282 g/mol. The predicted octanol–water partition coefficient (Wildman–Crippen LogP) is 1.20. The highest BCUT2D eigenvalue weighted by atomic mass is 16.5. The zero-order chi connectivity index (χ0) is 14.5. The molecule has 6 heteroatoms. The van der Waals surface area contributed by atoms with Gasteiger partial charge < -0.3 is 19.7 Å². The molecule has 6 nitrogen and oxygen atoms in total. The Balaban J connectivity index is 1.76. The summed E-state index contributed by atoms with van der Waals surface area (Å²) in [6.07, 6.45) is 1.95. The van der Waals surface area contributed by atoms with Crippen LogP contribution in [0.5, 0.6) is 0 Å². The Kier molecular flexibility index (Phi) is 5.14. The number of carbonyl (C=O) groups is 1. The number of aliphatic hydroxyl groups is 1. The van der Waals surface area contributed by atoms with Crippen LogP contribution in [0.1, 0.15) is 41.1 Å². The molecular weight excluding hydrogens is 260 g/mol. The van der Waals surface area contributed by atoms with Crippen molar-refractivity contribution in [1.82, 2.24) is 10.5 Å². The number of aryl methyl sites for hydroxylation is 2. The van der Waals surface area contributed by atoms with Gasteiger partial charge in [-0.15, -0.1) is 0 Å². The van der Waals surface area contributed by atoms with E-state index in [2.05, 4.69) is 10.5 Å². The van der Waals surface area contributed by atoms with Crippen LogP contribution in [0.3, 0.4) is 0 Å². The van der Waals surface area contributed by atoms with E-state index in [1.165, 1.54) is 0 Å².